The zero-order chi connectivity index (χ0) is 20.3. The SMILES string of the molecule is COc1cccc(-c2noc(C(C)NC(=O)c3c(C)coc3CC(=O)O)n2)c1. The second kappa shape index (κ2) is 7.95. The van der Waals surface area contributed by atoms with Crippen molar-refractivity contribution in [2.75, 3.05) is 7.11 Å². The van der Waals surface area contributed by atoms with Crippen LogP contribution in [0.1, 0.15) is 40.5 Å². The monoisotopic (exact) mass is 385 g/mol. The van der Waals surface area contributed by atoms with Crippen molar-refractivity contribution in [3.63, 3.8) is 0 Å². The Morgan fingerprint density at radius 1 is 1.36 bits per heavy atom. The molecule has 2 heterocycles. The highest BCUT2D eigenvalue weighted by atomic mass is 16.5. The van der Waals surface area contributed by atoms with Gasteiger partial charge in [-0.25, -0.2) is 0 Å². The van der Waals surface area contributed by atoms with Crippen LogP contribution in [0, 0.1) is 6.92 Å². The Kier molecular flexibility index (Phi) is 5.44. The predicted molar refractivity (Wildman–Crippen MR) is 97.0 cm³/mol. The highest BCUT2D eigenvalue weighted by Gasteiger charge is 2.24. The Balaban J connectivity index is 1.76. The first-order chi connectivity index (χ1) is 13.4. The summed E-state index contributed by atoms with van der Waals surface area (Å²) < 4.78 is 15.6. The maximum Gasteiger partial charge on any atom is 0.311 e. The number of carboxylic acids is 1. The summed E-state index contributed by atoms with van der Waals surface area (Å²) in [4.78, 5) is 27.9. The quantitative estimate of drug-likeness (QED) is 0.635. The standard InChI is InChI=1S/C19H19N3O6/c1-10-9-27-14(8-15(23)24)16(10)18(25)20-11(2)19-21-17(22-28-19)12-5-4-6-13(7-12)26-3/h4-7,9,11H,8H2,1-3H3,(H,20,25)(H,23,24). The predicted octanol–water partition coefficient (Wildman–Crippen LogP) is 2.76. The van der Waals surface area contributed by atoms with E-state index in [1.807, 2.05) is 6.07 Å². The molecule has 1 unspecified atom stereocenters. The van der Waals surface area contributed by atoms with Crippen LogP contribution >= 0.6 is 0 Å². The molecule has 0 bridgehead atoms. The Labute approximate surface area is 160 Å². The fraction of sp³-hybridized carbons (Fsp3) is 0.263. The topological polar surface area (TPSA) is 128 Å². The molecule has 1 atom stereocenters. The number of rotatable bonds is 7. The first-order valence-electron chi connectivity index (χ1n) is 8.46. The van der Waals surface area contributed by atoms with Gasteiger partial charge in [-0.05, 0) is 26.0 Å². The number of aromatic nitrogens is 2. The van der Waals surface area contributed by atoms with Crippen molar-refractivity contribution in [1.29, 1.82) is 0 Å². The van der Waals surface area contributed by atoms with Gasteiger partial charge < -0.3 is 24.1 Å². The van der Waals surface area contributed by atoms with Crippen LogP contribution < -0.4 is 10.1 Å². The number of nitrogens with one attached hydrogen (secondary N) is 1. The molecule has 2 aromatic heterocycles. The van der Waals surface area contributed by atoms with Crippen molar-refractivity contribution in [1.82, 2.24) is 15.5 Å². The summed E-state index contributed by atoms with van der Waals surface area (Å²) in [5.74, 6) is -0.232. The number of amides is 1. The Morgan fingerprint density at radius 3 is 2.86 bits per heavy atom. The van der Waals surface area contributed by atoms with Crippen LogP contribution in [0.15, 0.2) is 39.5 Å². The molecule has 0 spiro atoms. The first-order valence-corrected chi connectivity index (χ1v) is 8.46. The van der Waals surface area contributed by atoms with Crippen molar-refractivity contribution in [2.45, 2.75) is 26.3 Å². The van der Waals surface area contributed by atoms with Gasteiger partial charge in [0.2, 0.25) is 11.7 Å². The summed E-state index contributed by atoms with van der Waals surface area (Å²) in [6, 6.07) is 6.60. The molecule has 0 aliphatic heterocycles. The van der Waals surface area contributed by atoms with Gasteiger partial charge in [0.25, 0.3) is 5.91 Å². The van der Waals surface area contributed by atoms with Crippen LogP contribution in [0.3, 0.4) is 0 Å². The Morgan fingerprint density at radius 2 is 2.14 bits per heavy atom. The van der Waals surface area contributed by atoms with Gasteiger partial charge in [0.05, 0.1) is 18.9 Å². The molecule has 3 aromatic rings. The fourth-order valence-corrected chi connectivity index (χ4v) is 2.69. The number of methoxy groups -OCH3 is 1. The Bertz CT molecular complexity index is 1010. The van der Waals surface area contributed by atoms with Gasteiger partial charge in [-0.1, -0.05) is 17.3 Å². The third kappa shape index (κ3) is 4.03. The lowest BCUT2D eigenvalue weighted by molar-refractivity contribution is -0.136. The zero-order valence-electron chi connectivity index (χ0n) is 15.6. The van der Waals surface area contributed by atoms with Crippen LogP contribution in [0.2, 0.25) is 0 Å². The minimum Gasteiger partial charge on any atom is -0.497 e. The molecular weight excluding hydrogens is 366 g/mol. The van der Waals surface area contributed by atoms with Crippen molar-refractivity contribution in [3.8, 4) is 17.1 Å². The fourth-order valence-electron chi connectivity index (χ4n) is 2.69. The van der Waals surface area contributed by atoms with Gasteiger partial charge in [0, 0.05) is 11.1 Å². The molecule has 1 amide bonds. The lowest BCUT2D eigenvalue weighted by Gasteiger charge is -2.10. The van der Waals surface area contributed by atoms with Crippen molar-refractivity contribution >= 4 is 11.9 Å². The molecule has 28 heavy (non-hydrogen) atoms. The zero-order valence-corrected chi connectivity index (χ0v) is 15.6. The number of hydrogen-bond donors (Lipinski definition) is 2. The molecule has 0 fully saturated rings. The maximum absolute atomic E-state index is 12.6. The maximum atomic E-state index is 12.6. The van der Waals surface area contributed by atoms with E-state index in [0.29, 0.717) is 22.7 Å². The molecule has 0 aliphatic rings. The number of benzene rings is 1. The van der Waals surface area contributed by atoms with E-state index >= 15 is 0 Å². The second-order valence-corrected chi connectivity index (χ2v) is 6.17. The molecular formula is C19H19N3O6. The highest BCUT2D eigenvalue weighted by Crippen LogP contribution is 2.23. The normalized spacial score (nSPS) is 11.8. The summed E-state index contributed by atoms with van der Waals surface area (Å²) in [6.45, 7) is 3.36. The number of aliphatic carboxylic acids is 1. The molecule has 0 radical (unpaired) electrons. The summed E-state index contributed by atoms with van der Waals surface area (Å²) in [6.07, 6.45) is 0.969. The minimum atomic E-state index is -1.09. The molecule has 0 aliphatic carbocycles. The van der Waals surface area contributed by atoms with Gasteiger partial charge in [-0.3, -0.25) is 9.59 Å². The number of hydrogen-bond acceptors (Lipinski definition) is 7. The highest BCUT2D eigenvalue weighted by molar-refractivity contribution is 5.97. The van der Waals surface area contributed by atoms with Gasteiger partial charge in [0.15, 0.2) is 0 Å². The average Bonchev–Trinajstić information content (AvgIpc) is 3.28. The molecule has 9 nitrogen and oxygen atoms in total. The van der Waals surface area contributed by atoms with E-state index in [1.54, 1.807) is 39.2 Å². The van der Waals surface area contributed by atoms with E-state index in [0.717, 1.165) is 0 Å². The molecule has 9 heteroatoms. The van der Waals surface area contributed by atoms with Crippen LogP contribution in [-0.4, -0.2) is 34.2 Å². The number of carboxylic acid groups (broad SMARTS) is 1. The van der Waals surface area contributed by atoms with Crippen LogP contribution in [0.25, 0.3) is 11.4 Å². The Hall–Kier alpha value is -3.62. The number of aryl methyl sites for hydroxylation is 1. The van der Waals surface area contributed by atoms with Crippen LogP contribution in [-0.2, 0) is 11.2 Å². The van der Waals surface area contributed by atoms with Gasteiger partial charge in [-0.2, -0.15) is 4.98 Å². The number of ether oxygens (including phenoxy) is 1. The van der Waals surface area contributed by atoms with E-state index in [2.05, 4.69) is 15.5 Å². The number of furan rings is 1. The van der Waals surface area contributed by atoms with Crippen LogP contribution in [0.4, 0.5) is 0 Å². The molecule has 3 rings (SSSR count). The van der Waals surface area contributed by atoms with Crippen molar-refractivity contribution in [2.24, 2.45) is 0 Å². The van der Waals surface area contributed by atoms with E-state index < -0.39 is 17.9 Å². The molecule has 146 valence electrons. The largest absolute Gasteiger partial charge is 0.497 e. The average molecular weight is 385 g/mol. The first kappa shape index (κ1) is 19.2. The number of carbonyl (C=O) groups is 2. The summed E-state index contributed by atoms with van der Waals surface area (Å²) in [5.41, 5.74) is 1.45. The second-order valence-electron chi connectivity index (χ2n) is 6.17. The smallest absolute Gasteiger partial charge is 0.311 e. The van der Waals surface area contributed by atoms with E-state index in [9.17, 15) is 9.59 Å². The number of carbonyl (C=O) groups excluding carboxylic acids is 1. The molecule has 0 saturated heterocycles. The summed E-state index contributed by atoms with van der Waals surface area (Å²) in [5, 5.41) is 15.6. The number of nitrogens with zero attached hydrogens (tertiary/aromatic N) is 2. The van der Waals surface area contributed by atoms with Gasteiger partial charge >= 0.3 is 5.97 Å². The lowest BCUT2D eigenvalue weighted by Crippen LogP contribution is -2.28. The summed E-state index contributed by atoms with van der Waals surface area (Å²) in [7, 11) is 1.56. The van der Waals surface area contributed by atoms with Crippen LogP contribution in [0.5, 0.6) is 5.75 Å². The van der Waals surface area contributed by atoms with Gasteiger partial charge in [-0.15, -0.1) is 0 Å². The third-order valence-corrected chi connectivity index (χ3v) is 4.08. The van der Waals surface area contributed by atoms with E-state index in [1.165, 1.54) is 6.26 Å². The molecule has 1 aromatic carbocycles. The molecule has 2 N–H and O–H groups in total. The van der Waals surface area contributed by atoms with Crippen molar-refractivity contribution in [3.05, 3.63) is 53.3 Å². The third-order valence-electron chi connectivity index (χ3n) is 4.08. The molecule has 0 saturated carbocycles. The summed E-state index contributed by atoms with van der Waals surface area (Å²) >= 11 is 0. The van der Waals surface area contributed by atoms with Gasteiger partial charge in [0.1, 0.15) is 24.0 Å². The van der Waals surface area contributed by atoms with Crippen molar-refractivity contribution < 1.29 is 28.4 Å². The van der Waals surface area contributed by atoms with E-state index in [4.69, 9.17) is 18.8 Å². The van der Waals surface area contributed by atoms with E-state index in [-0.39, 0.29) is 23.6 Å². The minimum absolute atomic E-state index is 0.0947. The lowest BCUT2D eigenvalue weighted by atomic mass is 10.1.